The molecule has 10 heteroatoms. The fourth-order valence-electron chi connectivity index (χ4n) is 2.42. The Balaban J connectivity index is 1.72. The summed E-state index contributed by atoms with van der Waals surface area (Å²) in [6, 6.07) is 12.2. The van der Waals surface area contributed by atoms with Crippen LogP contribution in [0.15, 0.2) is 48.5 Å². The van der Waals surface area contributed by atoms with Crippen LogP contribution in [0, 0.1) is 17.0 Å². The van der Waals surface area contributed by atoms with E-state index in [9.17, 15) is 14.9 Å². The van der Waals surface area contributed by atoms with Crippen LogP contribution in [0.1, 0.15) is 5.69 Å². The number of nitrogens with one attached hydrogen (secondary N) is 1. The number of aryl methyl sites for hydroxylation is 1. The van der Waals surface area contributed by atoms with Gasteiger partial charge < -0.3 is 10.1 Å². The van der Waals surface area contributed by atoms with Crippen molar-refractivity contribution in [3.05, 3.63) is 74.4 Å². The molecular weight excluding hydrogens is 407 g/mol. The minimum Gasteiger partial charge on any atom is -0.482 e. The van der Waals surface area contributed by atoms with E-state index in [1.807, 2.05) is 0 Å². The van der Waals surface area contributed by atoms with E-state index in [1.54, 1.807) is 37.3 Å². The van der Waals surface area contributed by atoms with Crippen LogP contribution in [0.2, 0.25) is 10.0 Å². The van der Waals surface area contributed by atoms with Gasteiger partial charge in [-0.3, -0.25) is 14.9 Å². The molecule has 0 spiro atoms. The molecule has 3 rings (SSSR count). The molecule has 0 aliphatic heterocycles. The average molecular weight is 421 g/mol. The fourth-order valence-corrected chi connectivity index (χ4v) is 2.88. The summed E-state index contributed by atoms with van der Waals surface area (Å²) in [5.41, 5.74) is 1.19. The van der Waals surface area contributed by atoms with Crippen molar-refractivity contribution in [1.82, 2.24) is 9.78 Å². The molecule has 1 N–H and O–H groups in total. The molecule has 28 heavy (non-hydrogen) atoms. The molecule has 0 bridgehead atoms. The predicted octanol–water partition coefficient (Wildman–Crippen LogP) is 4.41. The molecule has 2 aromatic carbocycles. The van der Waals surface area contributed by atoms with Crippen molar-refractivity contribution >= 4 is 40.6 Å². The Morgan fingerprint density at radius 3 is 2.57 bits per heavy atom. The first-order valence-corrected chi connectivity index (χ1v) is 8.78. The Morgan fingerprint density at radius 2 is 1.93 bits per heavy atom. The van der Waals surface area contributed by atoms with E-state index in [0.29, 0.717) is 33.0 Å². The van der Waals surface area contributed by atoms with Crippen molar-refractivity contribution < 1.29 is 14.5 Å². The topological polar surface area (TPSA) is 99.3 Å². The van der Waals surface area contributed by atoms with Gasteiger partial charge in [-0.2, -0.15) is 5.10 Å². The number of hydrogen-bond acceptors (Lipinski definition) is 5. The van der Waals surface area contributed by atoms with Crippen LogP contribution in [0.25, 0.3) is 5.69 Å². The van der Waals surface area contributed by atoms with Crippen LogP contribution in [0.3, 0.4) is 0 Å². The van der Waals surface area contributed by atoms with E-state index < -0.39 is 10.8 Å². The molecule has 3 aromatic rings. The average Bonchev–Trinajstić information content (AvgIpc) is 3.01. The number of amides is 1. The van der Waals surface area contributed by atoms with Crippen LogP contribution < -0.4 is 10.1 Å². The molecule has 0 unspecified atom stereocenters. The summed E-state index contributed by atoms with van der Waals surface area (Å²) in [6.07, 6.45) is 0. The third-order valence-electron chi connectivity index (χ3n) is 3.66. The largest absolute Gasteiger partial charge is 0.482 e. The van der Waals surface area contributed by atoms with Gasteiger partial charge in [0.25, 0.3) is 11.6 Å². The lowest BCUT2D eigenvalue weighted by molar-refractivity contribution is -0.384. The Hall–Kier alpha value is -3.10. The number of ether oxygens (including phenoxy) is 1. The number of carbonyl (C=O) groups excluding carboxylic acids is 1. The highest BCUT2D eigenvalue weighted by molar-refractivity contribution is 6.35. The molecule has 0 saturated carbocycles. The summed E-state index contributed by atoms with van der Waals surface area (Å²) in [4.78, 5) is 22.6. The standard InChI is InChI=1S/C18H14Cl2N4O4/c1-11-8-17(23(22-11)13-3-5-14(6-4-13)24(26)27)21-18(25)10-28-16-7-2-12(19)9-15(16)20/h2-9H,10H2,1H3,(H,21,25). The monoisotopic (exact) mass is 420 g/mol. The van der Waals surface area contributed by atoms with Crippen LogP contribution >= 0.6 is 23.2 Å². The fraction of sp³-hybridized carbons (Fsp3) is 0.111. The summed E-state index contributed by atoms with van der Waals surface area (Å²) in [5.74, 6) is 0.317. The number of aromatic nitrogens is 2. The number of halogens is 2. The number of rotatable bonds is 6. The van der Waals surface area contributed by atoms with Crippen LogP contribution in [0.4, 0.5) is 11.5 Å². The number of carbonyl (C=O) groups is 1. The first-order chi connectivity index (χ1) is 13.3. The summed E-state index contributed by atoms with van der Waals surface area (Å²) in [5, 5.41) is 18.6. The van der Waals surface area contributed by atoms with Crippen molar-refractivity contribution in [2.24, 2.45) is 0 Å². The first-order valence-electron chi connectivity index (χ1n) is 8.02. The number of nitrogens with zero attached hydrogens (tertiary/aromatic N) is 3. The van der Waals surface area contributed by atoms with Gasteiger partial charge in [0.1, 0.15) is 11.6 Å². The van der Waals surface area contributed by atoms with E-state index in [1.165, 1.54) is 22.9 Å². The number of anilines is 1. The smallest absolute Gasteiger partial charge is 0.269 e. The summed E-state index contributed by atoms with van der Waals surface area (Å²) >= 11 is 11.8. The van der Waals surface area contributed by atoms with E-state index >= 15 is 0 Å². The molecule has 1 amide bonds. The van der Waals surface area contributed by atoms with Gasteiger partial charge in [-0.1, -0.05) is 23.2 Å². The zero-order chi connectivity index (χ0) is 20.3. The van der Waals surface area contributed by atoms with Crippen LogP contribution in [0.5, 0.6) is 5.75 Å². The maximum Gasteiger partial charge on any atom is 0.269 e. The van der Waals surface area contributed by atoms with Crippen molar-refractivity contribution in [2.75, 3.05) is 11.9 Å². The second-order valence-corrected chi connectivity index (χ2v) is 6.61. The zero-order valence-corrected chi connectivity index (χ0v) is 16.1. The lowest BCUT2D eigenvalue weighted by Gasteiger charge is -2.10. The van der Waals surface area contributed by atoms with Gasteiger partial charge in [0.2, 0.25) is 0 Å². The molecular formula is C18H14Cl2N4O4. The minimum absolute atomic E-state index is 0.0357. The Morgan fingerprint density at radius 1 is 1.21 bits per heavy atom. The van der Waals surface area contributed by atoms with Crippen LogP contribution in [-0.2, 0) is 4.79 Å². The molecule has 0 aliphatic rings. The van der Waals surface area contributed by atoms with Crippen molar-refractivity contribution in [2.45, 2.75) is 6.92 Å². The lowest BCUT2D eigenvalue weighted by atomic mass is 10.3. The minimum atomic E-state index is -0.486. The normalized spacial score (nSPS) is 10.5. The van der Waals surface area contributed by atoms with Crippen LogP contribution in [-0.4, -0.2) is 27.2 Å². The molecule has 0 saturated heterocycles. The number of non-ortho nitro benzene ring substituents is 1. The van der Waals surface area contributed by atoms with Crippen molar-refractivity contribution in [3.8, 4) is 11.4 Å². The summed E-state index contributed by atoms with van der Waals surface area (Å²) in [7, 11) is 0. The SMILES string of the molecule is Cc1cc(NC(=O)COc2ccc(Cl)cc2Cl)n(-c2ccc([N+](=O)[O-])cc2)n1. The molecule has 1 heterocycles. The van der Waals surface area contributed by atoms with Gasteiger partial charge >= 0.3 is 0 Å². The quantitative estimate of drug-likeness (QED) is 0.470. The first kappa shape index (κ1) is 19.7. The molecule has 0 fully saturated rings. The number of hydrogen-bond donors (Lipinski definition) is 1. The van der Waals surface area contributed by atoms with E-state index in [0.717, 1.165) is 0 Å². The molecule has 1 aromatic heterocycles. The van der Waals surface area contributed by atoms with Gasteiger partial charge in [-0.15, -0.1) is 0 Å². The Labute approximate surface area is 169 Å². The highest BCUT2D eigenvalue weighted by atomic mass is 35.5. The third-order valence-corrected chi connectivity index (χ3v) is 4.19. The summed E-state index contributed by atoms with van der Waals surface area (Å²) in [6.45, 7) is 1.49. The van der Waals surface area contributed by atoms with Gasteiger partial charge in [0.15, 0.2) is 6.61 Å². The Kier molecular flexibility index (Phi) is 5.81. The van der Waals surface area contributed by atoms with Gasteiger partial charge in [0.05, 0.1) is 21.3 Å². The van der Waals surface area contributed by atoms with Gasteiger partial charge in [-0.25, -0.2) is 4.68 Å². The molecule has 144 valence electrons. The van der Waals surface area contributed by atoms with Crippen molar-refractivity contribution in [3.63, 3.8) is 0 Å². The summed E-state index contributed by atoms with van der Waals surface area (Å²) < 4.78 is 6.89. The number of benzene rings is 2. The highest BCUT2D eigenvalue weighted by Crippen LogP contribution is 2.27. The highest BCUT2D eigenvalue weighted by Gasteiger charge is 2.13. The van der Waals surface area contributed by atoms with Gasteiger partial charge in [-0.05, 0) is 37.3 Å². The molecule has 0 atom stereocenters. The molecule has 0 aliphatic carbocycles. The van der Waals surface area contributed by atoms with Crippen molar-refractivity contribution in [1.29, 1.82) is 0 Å². The Bertz CT molecular complexity index is 1030. The zero-order valence-electron chi connectivity index (χ0n) is 14.6. The van der Waals surface area contributed by atoms with E-state index in [2.05, 4.69) is 10.4 Å². The van der Waals surface area contributed by atoms with E-state index in [4.69, 9.17) is 27.9 Å². The maximum atomic E-state index is 12.3. The van der Waals surface area contributed by atoms with E-state index in [-0.39, 0.29) is 12.3 Å². The third kappa shape index (κ3) is 4.59. The molecule has 0 radical (unpaired) electrons. The molecule has 8 nitrogen and oxygen atoms in total. The number of nitro groups is 1. The maximum absolute atomic E-state index is 12.3. The number of nitro benzene ring substituents is 1. The van der Waals surface area contributed by atoms with Gasteiger partial charge in [0, 0.05) is 23.2 Å². The second kappa shape index (κ2) is 8.28. The lowest BCUT2D eigenvalue weighted by Crippen LogP contribution is -2.22. The second-order valence-electron chi connectivity index (χ2n) is 5.77. The predicted molar refractivity (Wildman–Crippen MR) is 106 cm³/mol.